The third-order valence-electron chi connectivity index (χ3n) is 4.58. The lowest BCUT2D eigenvalue weighted by Gasteiger charge is -2.10. The van der Waals surface area contributed by atoms with Crippen molar-refractivity contribution >= 4 is 29.9 Å². The number of methoxy groups -OCH3 is 1. The average Bonchev–Trinajstić information content (AvgIpc) is 3.26. The molecule has 0 spiro atoms. The molecule has 0 radical (unpaired) electrons. The number of oxazole rings is 1. The molecule has 0 aliphatic heterocycles. The van der Waals surface area contributed by atoms with Crippen LogP contribution in [0.2, 0.25) is 0 Å². The second kappa shape index (κ2) is 12.9. The molecule has 0 atom stereocenters. The predicted molar refractivity (Wildman–Crippen MR) is 131 cm³/mol. The maximum Gasteiger partial charge on any atom is 0.226 e. The van der Waals surface area contributed by atoms with Crippen molar-refractivity contribution < 1.29 is 9.15 Å². The Morgan fingerprint density at radius 2 is 1.80 bits per heavy atom. The highest BCUT2D eigenvalue weighted by atomic mass is 127. The average molecular weight is 520 g/mol. The molecule has 0 unspecified atom stereocenters. The molecule has 0 aliphatic carbocycles. The molecule has 3 rings (SSSR count). The van der Waals surface area contributed by atoms with Gasteiger partial charge in [-0.25, -0.2) is 4.98 Å². The summed E-state index contributed by atoms with van der Waals surface area (Å²) in [7, 11) is 3.46. The van der Waals surface area contributed by atoms with Crippen LogP contribution in [0.1, 0.15) is 24.1 Å². The first-order valence-electron chi connectivity index (χ1n) is 9.86. The molecule has 1 aromatic heterocycles. The zero-order valence-electron chi connectivity index (χ0n) is 17.4. The molecule has 160 valence electrons. The van der Waals surface area contributed by atoms with E-state index in [2.05, 4.69) is 32.7 Å². The van der Waals surface area contributed by atoms with Gasteiger partial charge in [0, 0.05) is 19.2 Å². The minimum Gasteiger partial charge on any atom is -0.497 e. The summed E-state index contributed by atoms with van der Waals surface area (Å²) in [6.45, 7) is 1.42. The van der Waals surface area contributed by atoms with Gasteiger partial charge in [0.2, 0.25) is 5.89 Å². The lowest BCUT2D eigenvalue weighted by Crippen LogP contribution is -2.37. The molecular weight excluding hydrogens is 491 g/mol. The molecule has 0 amide bonds. The van der Waals surface area contributed by atoms with E-state index in [1.807, 2.05) is 42.5 Å². The number of halogens is 1. The van der Waals surface area contributed by atoms with E-state index in [9.17, 15) is 0 Å². The molecule has 1 heterocycles. The van der Waals surface area contributed by atoms with E-state index < -0.39 is 0 Å². The highest BCUT2D eigenvalue weighted by molar-refractivity contribution is 14.0. The standard InChI is InChI=1S/C23H28N4O2.HI/c1-24-23(25-15-7-6-8-18-11-13-21(28-2)14-12-18)26-16-20-17-29-22(27-20)19-9-4-3-5-10-19;/h3-5,9-14,17H,6-8,15-16H2,1-2H3,(H2,24,25,26);1H. The number of guanidine groups is 1. The number of ether oxygens (including phenoxy) is 1. The Hall–Kier alpha value is -2.55. The second-order valence-corrected chi connectivity index (χ2v) is 6.67. The number of hydrogen-bond acceptors (Lipinski definition) is 4. The number of nitrogens with zero attached hydrogens (tertiary/aromatic N) is 2. The van der Waals surface area contributed by atoms with Gasteiger partial charge in [-0.3, -0.25) is 4.99 Å². The van der Waals surface area contributed by atoms with Crippen molar-refractivity contribution in [1.82, 2.24) is 15.6 Å². The second-order valence-electron chi connectivity index (χ2n) is 6.67. The first-order valence-corrected chi connectivity index (χ1v) is 9.86. The van der Waals surface area contributed by atoms with Gasteiger partial charge in [-0.1, -0.05) is 30.3 Å². The molecule has 6 nitrogen and oxygen atoms in total. The number of aliphatic imine (C=N–C) groups is 1. The van der Waals surface area contributed by atoms with Gasteiger partial charge in [0.05, 0.1) is 19.3 Å². The maximum atomic E-state index is 5.57. The molecule has 3 aromatic rings. The SMILES string of the molecule is CN=C(NCCCCc1ccc(OC)cc1)NCc1coc(-c2ccccc2)n1.I. The van der Waals surface area contributed by atoms with Gasteiger partial charge in [-0.05, 0) is 49.1 Å². The molecule has 2 N–H and O–H groups in total. The van der Waals surface area contributed by atoms with Crippen LogP contribution in [-0.4, -0.2) is 31.6 Å². The van der Waals surface area contributed by atoms with Crippen LogP contribution in [0.5, 0.6) is 5.75 Å². The third kappa shape index (κ3) is 7.37. The summed E-state index contributed by atoms with van der Waals surface area (Å²) >= 11 is 0. The number of unbranched alkanes of at least 4 members (excludes halogenated alkanes) is 1. The summed E-state index contributed by atoms with van der Waals surface area (Å²) < 4.78 is 10.8. The molecule has 0 fully saturated rings. The van der Waals surface area contributed by atoms with Gasteiger partial charge < -0.3 is 19.8 Å². The summed E-state index contributed by atoms with van der Waals surface area (Å²) in [6.07, 6.45) is 4.91. The third-order valence-corrected chi connectivity index (χ3v) is 4.58. The van der Waals surface area contributed by atoms with Crippen LogP contribution in [0, 0.1) is 0 Å². The molecule has 2 aromatic carbocycles. The Balaban J connectivity index is 0.00000320. The highest BCUT2D eigenvalue weighted by Crippen LogP contribution is 2.17. The Morgan fingerprint density at radius 1 is 1.03 bits per heavy atom. The summed E-state index contributed by atoms with van der Waals surface area (Å²) in [4.78, 5) is 8.79. The van der Waals surface area contributed by atoms with Crippen molar-refractivity contribution in [3.05, 3.63) is 72.1 Å². The fourth-order valence-corrected chi connectivity index (χ4v) is 2.95. The highest BCUT2D eigenvalue weighted by Gasteiger charge is 2.07. The summed E-state index contributed by atoms with van der Waals surface area (Å²) in [5.74, 6) is 2.29. The first kappa shape index (κ1) is 23.7. The van der Waals surface area contributed by atoms with Crippen molar-refractivity contribution in [2.45, 2.75) is 25.8 Å². The van der Waals surface area contributed by atoms with E-state index in [1.165, 1.54) is 5.56 Å². The lowest BCUT2D eigenvalue weighted by atomic mass is 10.1. The van der Waals surface area contributed by atoms with E-state index in [0.717, 1.165) is 48.8 Å². The number of aryl methyl sites for hydroxylation is 1. The Labute approximate surface area is 195 Å². The van der Waals surface area contributed by atoms with Crippen LogP contribution in [0.25, 0.3) is 11.5 Å². The van der Waals surface area contributed by atoms with Crippen molar-refractivity contribution in [3.63, 3.8) is 0 Å². The fraction of sp³-hybridized carbons (Fsp3) is 0.304. The van der Waals surface area contributed by atoms with Crippen LogP contribution in [0.15, 0.2) is 70.3 Å². The molecule has 0 saturated carbocycles. The number of hydrogen-bond donors (Lipinski definition) is 2. The van der Waals surface area contributed by atoms with Gasteiger partial charge in [0.1, 0.15) is 12.0 Å². The molecule has 30 heavy (non-hydrogen) atoms. The summed E-state index contributed by atoms with van der Waals surface area (Å²) in [6, 6.07) is 18.1. The van der Waals surface area contributed by atoms with E-state index in [0.29, 0.717) is 12.4 Å². The predicted octanol–water partition coefficient (Wildman–Crippen LogP) is 4.66. The number of aromatic nitrogens is 1. The minimum absolute atomic E-state index is 0. The van der Waals surface area contributed by atoms with E-state index in [4.69, 9.17) is 9.15 Å². The normalized spacial score (nSPS) is 10.9. The monoisotopic (exact) mass is 520 g/mol. The summed E-state index contributed by atoms with van der Waals surface area (Å²) in [5, 5.41) is 6.62. The molecule has 0 aliphatic rings. The van der Waals surface area contributed by atoms with Crippen LogP contribution in [-0.2, 0) is 13.0 Å². The Morgan fingerprint density at radius 3 is 2.50 bits per heavy atom. The van der Waals surface area contributed by atoms with Crippen molar-refractivity contribution in [2.24, 2.45) is 4.99 Å². The van der Waals surface area contributed by atoms with Crippen LogP contribution >= 0.6 is 24.0 Å². The Bertz CT molecular complexity index is 895. The Kier molecular flexibility index (Phi) is 10.2. The van der Waals surface area contributed by atoms with Gasteiger partial charge >= 0.3 is 0 Å². The summed E-state index contributed by atoms with van der Waals surface area (Å²) in [5.41, 5.74) is 3.14. The van der Waals surface area contributed by atoms with Crippen LogP contribution in [0.3, 0.4) is 0 Å². The van der Waals surface area contributed by atoms with Gasteiger partial charge in [-0.15, -0.1) is 24.0 Å². The maximum absolute atomic E-state index is 5.57. The van der Waals surface area contributed by atoms with Crippen molar-refractivity contribution in [3.8, 4) is 17.2 Å². The number of nitrogens with one attached hydrogen (secondary N) is 2. The molecule has 7 heteroatoms. The topological polar surface area (TPSA) is 71.7 Å². The van der Waals surface area contributed by atoms with Crippen LogP contribution < -0.4 is 15.4 Å². The number of rotatable bonds is 9. The van der Waals surface area contributed by atoms with E-state index in [-0.39, 0.29) is 24.0 Å². The zero-order valence-corrected chi connectivity index (χ0v) is 19.8. The number of benzene rings is 2. The largest absolute Gasteiger partial charge is 0.497 e. The van der Waals surface area contributed by atoms with Gasteiger partial charge in [-0.2, -0.15) is 0 Å². The van der Waals surface area contributed by atoms with Crippen LogP contribution in [0.4, 0.5) is 0 Å². The lowest BCUT2D eigenvalue weighted by molar-refractivity contribution is 0.414. The first-order chi connectivity index (χ1) is 14.3. The molecule has 0 bridgehead atoms. The van der Waals surface area contributed by atoms with E-state index in [1.54, 1.807) is 20.4 Å². The van der Waals surface area contributed by atoms with Crippen molar-refractivity contribution in [2.75, 3.05) is 20.7 Å². The minimum atomic E-state index is 0. The molecule has 0 saturated heterocycles. The van der Waals surface area contributed by atoms with E-state index >= 15 is 0 Å². The van der Waals surface area contributed by atoms with Gasteiger partial charge in [0.15, 0.2) is 5.96 Å². The quantitative estimate of drug-likeness (QED) is 0.186. The smallest absolute Gasteiger partial charge is 0.226 e. The fourth-order valence-electron chi connectivity index (χ4n) is 2.95. The van der Waals surface area contributed by atoms with Crippen molar-refractivity contribution in [1.29, 1.82) is 0 Å². The zero-order chi connectivity index (χ0) is 20.3. The van der Waals surface area contributed by atoms with Gasteiger partial charge in [0.25, 0.3) is 0 Å². The molecular formula is C23H29IN4O2.